The number of ketones is 1. The van der Waals surface area contributed by atoms with Crippen molar-refractivity contribution >= 4 is 34.9 Å². The molecule has 2 heterocycles. The number of rotatable bonds is 4. The number of carbonyl (C=O) groups is 4. The first-order valence-electron chi connectivity index (χ1n) is 9.28. The van der Waals surface area contributed by atoms with E-state index in [1.165, 1.54) is 11.8 Å². The lowest BCUT2D eigenvalue weighted by atomic mass is 10.1. The lowest BCUT2D eigenvalue weighted by Crippen LogP contribution is -2.41. The number of aromatic nitrogens is 1. The Morgan fingerprint density at radius 2 is 1.90 bits per heavy atom. The topological polar surface area (TPSA) is 109 Å². The summed E-state index contributed by atoms with van der Waals surface area (Å²) in [6, 6.07) is 6.58. The molecule has 1 aromatic carbocycles. The number of ether oxygens (including phenoxy) is 1. The van der Waals surface area contributed by atoms with Gasteiger partial charge in [-0.1, -0.05) is 12.1 Å². The predicted octanol–water partition coefficient (Wildman–Crippen LogP) is 2.75. The van der Waals surface area contributed by atoms with E-state index in [9.17, 15) is 19.2 Å². The van der Waals surface area contributed by atoms with Gasteiger partial charge in [-0.15, -0.1) is 0 Å². The van der Waals surface area contributed by atoms with Crippen LogP contribution in [0, 0.1) is 13.8 Å². The molecule has 2 aromatic rings. The number of anilines is 2. The fraction of sp³-hybridized carbons (Fsp3) is 0.333. The number of aromatic amines is 1. The highest BCUT2D eigenvalue weighted by molar-refractivity contribution is 6.06. The molecule has 1 unspecified atom stereocenters. The van der Waals surface area contributed by atoms with Gasteiger partial charge in [0.05, 0.1) is 11.4 Å². The quantitative estimate of drug-likeness (QED) is 0.609. The number of nitrogens with one attached hydrogen (secondary N) is 2. The summed E-state index contributed by atoms with van der Waals surface area (Å²) in [5.74, 6) is -1.50. The number of H-pyrrole nitrogens is 1. The van der Waals surface area contributed by atoms with Gasteiger partial charge in [0, 0.05) is 23.7 Å². The number of hydrogen-bond acceptors (Lipinski definition) is 5. The largest absolute Gasteiger partial charge is 0.451 e. The van der Waals surface area contributed by atoms with Crippen LogP contribution in [-0.4, -0.2) is 41.2 Å². The molecule has 8 heteroatoms. The molecule has 1 aromatic heterocycles. The molecule has 0 aliphatic carbocycles. The molecule has 1 aliphatic heterocycles. The number of amides is 2. The van der Waals surface area contributed by atoms with E-state index in [1.54, 1.807) is 45.0 Å². The van der Waals surface area contributed by atoms with Gasteiger partial charge in [0.25, 0.3) is 5.91 Å². The second-order valence-electron chi connectivity index (χ2n) is 7.14. The van der Waals surface area contributed by atoms with Crippen LogP contribution in [0.4, 0.5) is 11.4 Å². The molecular formula is C21H23N3O5. The molecular weight excluding hydrogens is 374 g/mol. The fourth-order valence-electron chi connectivity index (χ4n) is 3.72. The van der Waals surface area contributed by atoms with Crippen LogP contribution in [0.2, 0.25) is 0 Å². The van der Waals surface area contributed by atoms with Crippen LogP contribution in [0.1, 0.15) is 52.4 Å². The molecule has 152 valence electrons. The highest BCUT2D eigenvalue weighted by atomic mass is 16.5. The summed E-state index contributed by atoms with van der Waals surface area (Å²) in [5, 5.41) is 2.78. The third kappa shape index (κ3) is 3.91. The second kappa shape index (κ2) is 7.90. The molecule has 29 heavy (non-hydrogen) atoms. The van der Waals surface area contributed by atoms with E-state index in [1.807, 2.05) is 0 Å². The standard InChI is InChI=1S/C21H23N3O5/c1-11-9-17(26)23-15-7-5-6-8-16(15)24(11)18(27)10-29-21(28)20-12(2)19(14(4)25)13(3)22-20/h5-8,11,22H,9-10H2,1-4H3,(H,23,26). The van der Waals surface area contributed by atoms with E-state index in [0.717, 1.165) is 0 Å². The minimum Gasteiger partial charge on any atom is -0.451 e. The van der Waals surface area contributed by atoms with Gasteiger partial charge in [-0.2, -0.15) is 0 Å². The van der Waals surface area contributed by atoms with Crippen LogP contribution in [0.15, 0.2) is 24.3 Å². The predicted molar refractivity (Wildman–Crippen MR) is 107 cm³/mol. The Labute approximate surface area is 168 Å². The smallest absolute Gasteiger partial charge is 0.355 e. The molecule has 8 nitrogen and oxygen atoms in total. The van der Waals surface area contributed by atoms with Gasteiger partial charge in [0.2, 0.25) is 5.91 Å². The molecule has 0 bridgehead atoms. The Kier molecular flexibility index (Phi) is 5.54. The van der Waals surface area contributed by atoms with E-state index >= 15 is 0 Å². The Bertz CT molecular complexity index is 1010. The summed E-state index contributed by atoms with van der Waals surface area (Å²) in [7, 11) is 0. The van der Waals surface area contributed by atoms with E-state index < -0.39 is 24.5 Å². The zero-order valence-electron chi connectivity index (χ0n) is 16.8. The van der Waals surface area contributed by atoms with Crippen LogP contribution in [0.5, 0.6) is 0 Å². The summed E-state index contributed by atoms with van der Waals surface area (Å²) < 4.78 is 5.22. The molecule has 0 saturated carbocycles. The summed E-state index contributed by atoms with van der Waals surface area (Å²) in [5.41, 5.74) is 2.76. The van der Waals surface area contributed by atoms with Gasteiger partial charge in [-0.05, 0) is 45.4 Å². The minimum atomic E-state index is -0.712. The van der Waals surface area contributed by atoms with Crippen molar-refractivity contribution in [2.75, 3.05) is 16.8 Å². The monoisotopic (exact) mass is 397 g/mol. The molecule has 1 aliphatic rings. The maximum absolute atomic E-state index is 12.9. The third-order valence-electron chi connectivity index (χ3n) is 4.95. The normalized spacial score (nSPS) is 15.9. The number of aryl methyl sites for hydroxylation is 1. The zero-order valence-corrected chi connectivity index (χ0v) is 16.8. The number of fused-ring (bicyclic) bond motifs is 1. The summed E-state index contributed by atoms with van der Waals surface area (Å²) in [6.07, 6.45) is 0.130. The number of carbonyl (C=O) groups excluding carboxylic acids is 4. The van der Waals surface area contributed by atoms with Gasteiger partial charge in [0.15, 0.2) is 12.4 Å². The van der Waals surface area contributed by atoms with Crippen molar-refractivity contribution in [1.29, 1.82) is 0 Å². The zero-order chi connectivity index (χ0) is 21.3. The average molecular weight is 397 g/mol. The highest BCUT2D eigenvalue weighted by Crippen LogP contribution is 2.31. The number of hydrogen-bond donors (Lipinski definition) is 2. The fourth-order valence-corrected chi connectivity index (χ4v) is 3.72. The molecule has 1 atom stereocenters. The molecule has 0 spiro atoms. The Hall–Kier alpha value is -3.42. The number of para-hydroxylation sites is 2. The second-order valence-corrected chi connectivity index (χ2v) is 7.14. The number of Topliss-reactive ketones (excluding diaryl/α,β-unsaturated/α-hetero) is 1. The van der Waals surface area contributed by atoms with Gasteiger partial charge in [-0.25, -0.2) is 4.79 Å². The molecule has 0 fully saturated rings. The van der Waals surface area contributed by atoms with Crippen molar-refractivity contribution in [3.63, 3.8) is 0 Å². The van der Waals surface area contributed by atoms with Crippen molar-refractivity contribution in [3.05, 3.63) is 46.8 Å². The lowest BCUT2D eigenvalue weighted by molar-refractivity contribution is -0.122. The first-order valence-corrected chi connectivity index (χ1v) is 9.28. The highest BCUT2D eigenvalue weighted by Gasteiger charge is 2.30. The number of nitrogens with zero attached hydrogens (tertiary/aromatic N) is 1. The number of esters is 1. The van der Waals surface area contributed by atoms with Gasteiger partial charge in [-0.3, -0.25) is 14.4 Å². The van der Waals surface area contributed by atoms with Gasteiger partial charge < -0.3 is 19.9 Å². The van der Waals surface area contributed by atoms with Crippen LogP contribution in [-0.2, 0) is 14.3 Å². The van der Waals surface area contributed by atoms with Crippen LogP contribution >= 0.6 is 0 Å². The third-order valence-corrected chi connectivity index (χ3v) is 4.95. The van der Waals surface area contributed by atoms with E-state index in [2.05, 4.69) is 10.3 Å². The van der Waals surface area contributed by atoms with Crippen molar-refractivity contribution in [2.24, 2.45) is 0 Å². The van der Waals surface area contributed by atoms with Gasteiger partial charge in [0.1, 0.15) is 5.69 Å². The molecule has 2 amide bonds. The Morgan fingerprint density at radius 1 is 1.21 bits per heavy atom. The van der Waals surface area contributed by atoms with E-state index in [4.69, 9.17) is 4.74 Å². The van der Waals surface area contributed by atoms with Crippen molar-refractivity contribution in [3.8, 4) is 0 Å². The lowest BCUT2D eigenvalue weighted by Gasteiger charge is -2.27. The summed E-state index contributed by atoms with van der Waals surface area (Å²) >= 11 is 0. The Morgan fingerprint density at radius 3 is 2.55 bits per heavy atom. The van der Waals surface area contributed by atoms with Crippen molar-refractivity contribution in [2.45, 2.75) is 40.2 Å². The average Bonchev–Trinajstić information content (AvgIpc) is 2.87. The van der Waals surface area contributed by atoms with Crippen LogP contribution < -0.4 is 10.2 Å². The first kappa shape index (κ1) is 20.3. The summed E-state index contributed by atoms with van der Waals surface area (Å²) in [6.45, 7) is 6.06. The van der Waals surface area contributed by atoms with Crippen LogP contribution in [0.25, 0.3) is 0 Å². The maximum Gasteiger partial charge on any atom is 0.355 e. The SMILES string of the molecule is CC(=O)c1c(C)[nH]c(C(=O)OCC(=O)N2c3ccccc3NC(=O)CC2C)c1C. The van der Waals surface area contributed by atoms with Gasteiger partial charge >= 0.3 is 5.97 Å². The Balaban J connectivity index is 1.79. The molecule has 0 saturated heterocycles. The number of benzene rings is 1. The van der Waals surface area contributed by atoms with E-state index in [0.29, 0.717) is 28.2 Å². The maximum atomic E-state index is 12.9. The summed E-state index contributed by atoms with van der Waals surface area (Å²) in [4.78, 5) is 53.5. The molecule has 3 rings (SSSR count). The first-order chi connectivity index (χ1) is 13.7. The minimum absolute atomic E-state index is 0.130. The van der Waals surface area contributed by atoms with E-state index in [-0.39, 0.29) is 23.8 Å². The molecule has 0 radical (unpaired) electrons. The molecule has 2 N–H and O–H groups in total. The van der Waals surface area contributed by atoms with Crippen LogP contribution in [0.3, 0.4) is 0 Å². The van der Waals surface area contributed by atoms with Crippen molar-refractivity contribution in [1.82, 2.24) is 4.98 Å². The van der Waals surface area contributed by atoms with Crippen molar-refractivity contribution < 1.29 is 23.9 Å².